The minimum Gasteiger partial charge on any atom is -0.439 e. The molecule has 0 unspecified atom stereocenters. The number of carbonyl (C=O) groups is 1. The summed E-state index contributed by atoms with van der Waals surface area (Å²) in [6.07, 6.45) is 2.40. The van der Waals surface area contributed by atoms with Crippen LogP contribution in [0.15, 0.2) is 34.1 Å². The first-order chi connectivity index (χ1) is 10.8. The third-order valence-corrected chi connectivity index (χ3v) is 4.25. The van der Waals surface area contributed by atoms with E-state index in [0.29, 0.717) is 22.5 Å². The highest BCUT2D eigenvalue weighted by molar-refractivity contribution is 7.13. The molecule has 0 radical (unpaired) electrons. The summed E-state index contributed by atoms with van der Waals surface area (Å²) >= 11 is 1.45. The number of para-hydroxylation sites is 2. The van der Waals surface area contributed by atoms with Crippen LogP contribution >= 0.6 is 11.3 Å². The number of aromatic nitrogens is 2. The van der Waals surface area contributed by atoms with E-state index in [1.807, 2.05) is 29.6 Å². The minimum atomic E-state index is -0.307. The molecule has 6 nitrogen and oxygen atoms in total. The fraction of sp³-hybridized carbons (Fsp3) is 0.267. The first-order valence-electron chi connectivity index (χ1n) is 7.12. The summed E-state index contributed by atoms with van der Waals surface area (Å²) in [4.78, 5) is 20.6. The Kier molecular flexibility index (Phi) is 3.27. The zero-order chi connectivity index (χ0) is 14.9. The van der Waals surface area contributed by atoms with Crippen molar-refractivity contribution in [3.8, 4) is 0 Å². The SMILES string of the molecule is O=C(NCc1nc2ccccc2o1)Nc1nc(C2CC2)cs1. The van der Waals surface area contributed by atoms with E-state index in [1.54, 1.807) is 0 Å². The predicted octanol–water partition coefficient (Wildman–Crippen LogP) is 3.48. The third kappa shape index (κ3) is 2.80. The zero-order valence-corrected chi connectivity index (χ0v) is 12.5. The lowest BCUT2D eigenvalue weighted by Gasteiger charge is -2.02. The average molecular weight is 314 g/mol. The van der Waals surface area contributed by atoms with Gasteiger partial charge in [-0.1, -0.05) is 12.1 Å². The smallest absolute Gasteiger partial charge is 0.321 e. The second-order valence-electron chi connectivity index (χ2n) is 5.23. The molecule has 4 rings (SSSR count). The van der Waals surface area contributed by atoms with Gasteiger partial charge in [0.15, 0.2) is 10.7 Å². The molecular weight excluding hydrogens is 300 g/mol. The number of hydrogen-bond acceptors (Lipinski definition) is 5. The van der Waals surface area contributed by atoms with Crippen molar-refractivity contribution in [3.63, 3.8) is 0 Å². The monoisotopic (exact) mass is 314 g/mol. The van der Waals surface area contributed by atoms with Crippen LogP contribution in [0, 0.1) is 0 Å². The van der Waals surface area contributed by atoms with Gasteiger partial charge in [0.25, 0.3) is 0 Å². The van der Waals surface area contributed by atoms with Gasteiger partial charge in [-0.2, -0.15) is 0 Å². The molecule has 0 aliphatic heterocycles. The van der Waals surface area contributed by atoms with Gasteiger partial charge in [0, 0.05) is 11.3 Å². The van der Waals surface area contributed by atoms with Gasteiger partial charge in [0.2, 0.25) is 5.89 Å². The number of rotatable bonds is 4. The van der Waals surface area contributed by atoms with Gasteiger partial charge >= 0.3 is 6.03 Å². The summed E-state index contributed by atoms with van der Waals surface area (Å²) in [7, 11) is 0. The number of fused-ring (bicyclic) bond motifs is 1. The molecule has 2 N–H and O–H groups in total. The molecule has 2 aromatic heterocycles. The van der Waals surface area contributed by atoms with Crippen molar-refractivity contribution in [2.45, 2.75) is 25.3 Å². The van der Waals surface area contributed by atoms with Crippen LogP contribution in [0.2, 0.25) is 0 Å². The number of hydrogen-bond donors (Lipinski definition) is 2. The number of nitrogens with zero attached hydrogens (tertiary/aromatic N) is 2. The minimum absolute atomic E-state index is 0.237. The molecule has 1 aliphatic rings. The summed E-state index contributed by atoms with van der Waals surface area (Å²) in [6.45, 7) is 0.237. The summed E-state index contributed by atoms with van der Waals surface area (Å²) in [5.74, 6) is 1.07. The zero-order valence-electron chi connectivity index (χ0n) is 11.7. The van der Waals surface area contributed by atoms with Crippen molar-refractivity contribution < 1.29 is 9.21 Å². The molecule has 3 aromatic rings. The molecule has 2 heterocycles. The quantitative estimate of drug-likeness (QED) is 0.772. The number of oxazole rings is 1. The van der Waals surface area contributed by atoms with Crippen LogP contribution in [0.4, 0.5) is 9.93 Å². The molecule has 7 heteroatoms. The summed E-state index contributed by atoms with van der Waals surface area (Å²) in [6, 6.07) is 7.20. The van der Waals surface area contributed by atoms with Gasteiger partial charge in [-0.05, 0) is 25.0 Å². The predicted molar refractivity (Wildman–Crippen MR) is 84.0 cm³/mol. The van der Waals surface area contributed by atoms with Gasteiger partial charge in [0.05, 0.1) is 12.2 Å². The van der Waals surface area contributed by atoms with Crippen molar-refractivity contribution in [2.24, 2.45) is 0 Å². The van der Waals surface area contributed by atoms with Gasteiger partial charge in [-0.3, -0.25) is 5.32 Å². The molecule has 1 saturated carbocycles. The largest absolute Gasteiger partial charge is 0.439 e. The van der Waals surface area contributed by atoms with E-state index in [9.17, 15) is 4.79 Å². The van der Waals surface area contributed by atoms with E-state index < -0.39 is 0 Å². The van der Waals surface area contributed by atoms with Crippen LogP contribution in [0.3, 0.4) is 0 Å². The highest BCUT2D eigenvalue weighted by Crippen LogP contribution is 2.40. The lowest BCUT2D eigenvalue weighted by Crippen LogP contribution is -2.28. The number of amides is 2. The number of nitrogens with one attached hydrogen (secondary N) is 2. The van der Waals surface area contributed by atoms with E-state index in [0.717, 1.165) is 11.2 Å². The Morgan fingerprint density at radius 1 is 1.32 bits per heavy atom. The Morgan fingerprint density at radius 2 is 2.18 bits per heavy atom. The summed E-state index contributed by atoms with van der Waals surface area (Å²) in [5, 5.41) is 8.09. The number of anilines is 1. The maximum Gasteiger partial charge on any atom is 0.321 e. The first kappa shape index (κ1) is 13.3. The van der Waals surface area contributed by atoms with Gasteiger partial charge in [0.1, 0.15) is 5.52 Å². The van der Waals surface area contributed by atoms with Crippen molar-refractivity contribution in [1.82, 2.24) is 15.3 Å². The molecule has 1 aliphatic carbocycles. The van der Waals surface area contributed by atoms with E-state index in [-0.39, 0.29) is 12.6 Å². The molecule has 1 aromatic carbocycles. The van der Waals surface area contributed by atoms with Crippen LogP contribution in [0.5, 0.6) is 0 Å². The molecule has 1 fully saturated rings. The molecule has 2 amide bonds. The van der Waals surface area contributed by atoms with Crippen LogP contribution in [0.25, 0.3) is 11.1 Å². The fourth-order valence-electron chi connectivity index (χ4n) is 2.20. The third-order valence-electron chi connectivity index (χ3n) is 3.48. The van der Waals surface area contributed by atoms with E-state index in [1.165, 1.54) is 24.2 Å². The Bertz CT molecular complexity index is 789. The van der Waals surface area contributed by atoms with Crippen molar-refractivity contribution in [2.75, 3.05) is 5.32 Å². The molecular formula is C15H14N4O2S. The van der Waals surface area contributed by atoms with E-state index in [2.05, 4.69) is 20.6 Å². The number of thiazole rings is 1. The molecule has 0 saturated heterocycles. The highest BCUT2D eigenvalue weighted by atomic mass is 32.1. The molecule has 112 valence electrons. The van der Waals surface area contributed by atoms with Crippen LogP contribution in [0.1, 0.15) is 30.3 Å². The Labute approximate surface area is 130 Å². The summed E-state index contributed by atoms with van der Waals surface area (Å²) < 4.78 is 5.55. The van der Waals surface area contributed by atoms with Crippen molar-refractivity contribution >= 4 is 33.6 Å². The van der Waals surface area contributed by atoms with E-state index >= 15 is 0 Å². The summed E-state index contributed by atoms with van der Waals surface area (Å²) in [5.41, 5.74) is 2.58. The number of carbonyl (C=O) groups excluding carboxylic acids is 1. The van der Waals surface area contributed by atoms with Gasteiger partial charge in [-0.15, -0.1) is 11.3 Å². The standard InChI is InChI=1S/C15H14N4O2S/c20-14(19-15-18-11(8-22-15)9-5-6-9)16-7-13-17-10-3-1-2-4-12(10)21-13/h1-4,8-9H,5-7H2,(H2,16,18,19,20). The lowest BCUT2D eigenvalue weighted by molar-refractivity contribution is 0.250. The molecule has 22 heavy (non-hydrogen) atoms. The Hall–Kier alpha value is -2.41. The Balaban J connectivity index is 1.35. The maximum absolute atomic E-state index is 11.9. The molecule has 0 spiro atoms. The molecule has 0 atom stereocenters. The first-order valence-corrected chi connectivity index (χ1v) is 8.00. The normalized spacial score (nSPS) is 14.2. The average Bonchev–Trinajstić information content (AvgIpc) is 3.12. The maximum atomic E-state index is 11.9. The topological polar surface area (TPSA) is 80.0 Å². The number of urea groups is 1. The fourth-order valence-corrected chi connectivity index (χ4v) is 2.99. The van der Waals surface area contributed by atoms with Gasteiger partial charge < -0.3 is 9.73 Å². The highest BCUT2D eigenvalue weighted by Gasteiger charge is 2.26. The van der Waals surface area contributed by atoms with Crippen LogP contribution in [-0.4, -0.2) is 16.0 Å². The van der Waals surface area contributed by atoms with E-state index in [4.69, 9.17) is 4.42 Å². The second-order valence-corrected chi connectivity index (χ2v) is 6.09. The number of benzene rings is 1. The van der Waals surface area contributed by atoms with Crippen LogP contribution in [-0.2, 0) is 6.54 Å². The Morgan fingerprint density at radius 3 is 3.00 bits per heavy atom. The van der Waals surface area contributed by atoms with Crippen molar-refractivity contribution in [3.05, 3.63) is 41.2 Å². The molecule has 0 bridgehead atoms. The van der Waals surface area contributed by atoms with Gasteiger partial charge in [-0.25, -0.2) is 14.8 Å². The second kappa shape index (κ2) is 5.42. The van der Waals surface area contributed by atoms with Crippen molar-refractivity contribution in [1.29, 1.82) is 0 Å². The van der Waals surface area contributed by atoms with Crippen LogP contribution < -0.4 is 10.6 Å². The lowest BCUT2D eigenvalue weighted by atomic mass is 10.3.